The predicted molar refractivity (Wildman–Crippen MR) is 112 cm³/mol. The monoisotopic (exact) mass is 524 g/mol. The van der Waals surface area contributed by atoms with Crippen LogP contribution in [0.5, 0.6) is 5.75 Å². The highest BCUT2D eigenvalue weighted by Crippen LogP contribution is 2.84. The van der Waals surface area contributed by atoms with Crippen LogP contribution in [0.2, 0.25) is 0 Å². The number of halogens is 2. The molecule has 0 saturated carbocycles. The van der Waals surface area contributed by atoms with Crippen LogP contribution < -0.4 is 0 Å². The van der Waals surface area contributed by atoms with Gasteiger partial charge in [0.05, 0.1) is 31.3 Å². The minimum absolute atomic E-state index is 0.00494. The lowest BCUT2D eigenvalue weighted by atomic mass is 10.3. The lowest BCUT2D eigenvalue weighted by molar-refractivity contribution is 0.200. The first kappa shape index (κ1) is 25.5. The summed E-state index contributed by atoms with van der Waals surface area (Å²) in [5.74, 6) is -0.146. The van der Waals surface area contributed by atoms with Gasteiger partial charge in [0.15, 0.2) is 0 Å². The van der Waals surface area contributed by atoms with Crippen molar-refractivity contribution in [3.8, 4) is 5.75 Å². The highest BCUT2D eigenvalue weighted by molar-refractivity contribution is 9.10. The molecule has 1 aromatic carbocycles. The molecule has 0 spiro atoms. The third kappa shape index (κ3) is 5.74. The zero-order chi connectivity index (χ0) is 20.7. The first-order valence-electron chi connectivity index (χ1n) is 8.27. The molecule has 7 nitrogen and oxygen atoms in total. The van der Waals surface area contributed by atoms with Gasteiger partial charge in [0.1, 0.15) is 5.75 Å². The minimum Gasteiger partial charge on any atom is -0.507 e. The van der Waals surface area contributed by atoms with Gasteiger partial charge in [0.2, 0.25) is 0 Å². The van der Waals surface area contributed by atoms with Crippen LogP contribution in [-0.2, 0) is 27.2 Å². The molecule has 156 valence electrons. The zero-order valence-corrected chi connectivity index (χ0v) is 20.5. The number of benzene rings is 1. The Kier molecular flexibility index (Phi) is 10.4. The Labute approximate surface area is 177 Å². The van der Waals surface area contributed by atoms with Crippen LogP contribution in [0.15, 0.2) is 27.6 Å². The summed E-state index contributed by atoms with van der Waals surface area (Å²) < 4.78 is 47.1. The third-order valence-electron chi connectivity index (χ3n) is 3.03. The molecular formula is C15H24BrClO7P2S. The molecule has 27 heavy (non-hydrogen) atoms. The van der Waals surface area contributed by atoms with Crippen LogP contribution in [0.25, 0.3) is 0 Å². The first-order chi connectivity index (χ1) is 12.6. The van der Waals surface area contributed by atoms with E-state index in [0.717, 1.165) is 0 Å². The van der Waals surface area contributed by atoms with Gasteiger partial charge in [-0.1, -0.05) is 39.3 Å². The Morgan fingerprint density at radius 3 is 1.78 bits per heavy atom. The van der Waals surface area contributed by atoms with E-state index < -0.39 is 18.9 Å². The van der Waals surface area contributed by atoms with E-state index in [9.17, 15) is 14.2 Å². The molecular weight excluding hydrogens is 502 g/mol. The number of aromatic hydroxyl groups is 1. The molecule has 1 N–H and O–H groups in total. The number of phenolic OH excluding ortho intramolecular Hbond substituents is 1. The molecule has 1 aromatic rings. The minimum atomic E-state index is -4.23. The van der Waals surface area contributed by atoms with Gasteiger partial charge in [-0.2, -0.15) is 0 Å². The zero-order valence-electron chi connectivity index (χ0n) is 15.5. The summed E-state index contributed by atoms with van der Waals surface area (Å²) in [4.78, 5) is 0.207. The van der Waals surface area contributed by atoms with Crippen molar-refractivity contribution >= 4 is 54.5 Å². The highest BCUT2D eigenvalue weighted by Gasteiger charge is 2.66. The van der Waals surface area contributed by atoms with E-state index in [4.69, 9.17) is 29.7 Å². The molecule has 0 aliphatic carbocycles. The highest BCUT2D eigenvalue weighted by atomic mass is 79.9. The van der Waals surface area contributed by atoms with E-state index in [1.165, 1.54) is 6.07 Å². The van der Waals surface area contributed by atoms with Gasteiger partial charge in [-0.3, -0.25) is 9.13 Å². The van der Waals surface area contributed by atoms with Gasteiger partial charge >= 0.3 is 15.2 Å². The third-order valence-corrected chi connectivity index (χ3v) is 12.9. The molecule has 0 heterocycles. The fourth-order valence-electron chi connectivity index (χ4n) is 2.04. The molecule has 0 aromatic heterocycles. The van der Waals surface area contributed by atoms with E-state index in [1.807, 2.05) is 0 Å². The molecule has 0 unspecified atom stereocenters. The van der Waals surface area contributed by atoms with Crippen LogP contribution in [0.1, 0.15) is 27.7 Å². The number of rotatable bonds is 12. The Hall–Kier alpha value is 0.440. The molecule has 0 radical (unpaired) electrons. The number of hydrogen-bond acceptors (Lipinski definition) is 8. The molecule has 0 aliphatic rings. The maximum absolute atomic E-state index is 13.6. The molecule has 0 bridgehead atoms. The quantitative estimate of drug-likeness (QED) is 0.185. The SMILES string of the molecule is CCOP(=O)(OCC)C(Cl)(Sc1cc(Br)ccc1O)P(=O)(OCC)OCC. The summed E-state index contributed by atoms with van der Waals surface area (Å²) in [6.07, 6.45) is 0. The summed E-state index contributed by atoms with van der Waals surface area (Å²) in [6.45, 7) is 6.41. The Bertz CT molecular complexity index is 671. The molecule has 0 fully saturated rings. The molecule has 12 heteroatoms. The van der Waals surface area contributed by atoms with E-state index in [1.54, 1.807) is 39.8 Å². The number of thioether (sulfide) groups is 1. The van der Waals surface area contributed by atoms with Gasteiger partial charge < -0.3 is 23.2 Å². The maximum atomic E-state index is 13.6. The Morgan fingerprint density at radius 1 is 1.00 bits per heavy atom. The van der Waals surface area contributed by atoms with Crippen molar-refractivity contribution in [3.63, 3.8) is 0 Å². The van der Waals surface area contributed by atoms with Crippen molar-refractivity contribution in [1.29, 1.82) is 0 Å². The molecule has 0 amide bonds. The normalized spacial score (nSPS) is 13.1. The summed E-state index contributed by atoms with van der Waals surface area (Å²) >= 11 is 10.7. The topological polar surface area (TPSA) is 91.3 Å². The average molecular weight is 526 g/mol. The van der Waals surface area contributed by atoms with Gasteiger partial charge in [0, 0.05) is 4.47 Å². The predicted octanol–water partition coefficient (Wildman–Crippen LogP) is 6.63. The van der Waals surface area contributed by atoms with Crippen molar-refractivity contribution < 1.29 is 32.3 Å². The van der Waals surface area contributed by atoms with Gasteiger partial charge in [0.25, 0.3) is 3.69 Å². The maximum Gasteiger partial charge on any atom is 0.374 e. The van der Waals surface area contributed by atoms with Crippen molar-refractivity contribution in [2.75, 3.05) is 26.4 Å². The van der Waals surface area contributed by atoms with Crippen molar-refractivity contribution in [2.45, 2.75) is 36.3 Å². The number of phenols is 1. The standard InChI is InChI=1S/C15H24BrClO7P2S/c1-5-21-25(19,22-6-2)15(17,26(20,23-7-3)24-8-4)27-14-11-12(16)9-10-13(14)18/h9-11,18H,5-8H2,1-4H3. The van der Waals surface area contributed by atoms with Crippen LogP contribution in [0.4, 0.5) is 0 Å². The van der Waals surface area contributed by atoms with Gasteiger partial charge in [-0.25, -0.2) is 0 Å². The molecule has 1 rings (SSSR count). The second-order valence-electron chi connectivity index (χ2n) is 4.91. The number of alkyl halides is 1. The van der Waals surface area contributed by atoms with E-state index in [2.05, 4.69) is 15.9 Å². The fraction of sp³-hybridized carbons (Fsp3) is 0.600. The van der Waals surface area contributed by atoms with Crippen LogP contribution in [-0.4, -0.2) is 35.2 Å². The van der Waals surface area contributed by atoms with Crippen molar-refractivity contribution in [3.05, 3.63) is 22.7 Å². The summed E-state index contributed by atoms with van der Waals surface area (Å²) in [5, 5.41) is 10.2. The summed E-state index contributed by atoms with van der Waals surface area (Å²) in [6, 6.07) is 4.58. The van der Waals surface area contributed by atoms with Crippen LogP contribution >= 0.6 is 54.5 Å². The molecule has 0 saturated heterocycles. The average Bonchev–Trinajstić information content (AvgIpc) is 2.58. The van der Waals surface area contributed by atoms with Crippen molar-refractivity contribution in [1.82, 2.24) is 0 Å². The van der Waals surface area contributed by atoms with Gasteiger partial charge in [-0.05, 0) is 45.9 Å². The second-order valence-corrected chi connectivity index (χ2v) is 13.7. The number of hydrogen-bond donors (Lipinski definition) is 1. The van der Waals surface area contributed by atoms with Gasteiger partial charge in [-0.15, -0.1) is 0 Å². The largest absolute Gasteiger partial charge is 0.507 e. The van der Waals surface area contributed by atoms with Crippen LogP contribution in [0, 0.1) is 0 Å². The second kappa shape index (κ2) is 11.0. The first-order valence-corrected chi connectivity index (χ1v) is 13.3. The summed E-state index contributed by atoms with van der Waals surface area (Å²) in [5.41, 5.74) is 0. The van der Waals surface area contributed by atoms with E-state index >= 15 is 0 Å². The fourth-order valence-corrected chi connectivity index (χ4v) is 10.2. The Morgan fingerprint density at radius 2 is 1.41 bits per heavy atom. The smallest absolute Gasteiger partial charge is 0.374 e. The molecule has 0 aliphatic heterocycles. The van der Waals surface area contributed by atoms with E-state index in [0.29, 0.717) is 16.2 Å². The summed E-state index contributed by atoms with van der Waals surface area (Å²) in [7, 11) is -8.47. The van der Waals surface area contributed by atoms with E-state index in [-0.39, 0.29) is 37.1 Å². The lowest BCUT2D eigenvalue weighted by Crippen LogP contribution is -2.24. The lowest BCUT2D eigenvalue weighted by Gasteiger charge is -2.37. The van der Waals surface area contributed by atoms with Crippen LogP contribution in [0.3, 0.4) is 0 Å². The Balaban J connectivity index is 3.66. The van der Waals surface area contributed by atoms with Crippen molar-refractivity contribution in [2.24, 2.45) is 0 Å². The molecule has 0 atom stereocenters.